The fourth-order valence-corrected chi connectivity index (χ4v) is 1.15. The van der Waals surface area contributed by atoms with Gasteiger partial charge in [-0.2, -0.15) is 0 Å². The summed E-state index contributed by atoms with van der Waals surface area (Å²) in [6, 6.07) is 4.30. The first-order chi connectivity index (χ1) is 6.50. The number of ether oxygens (including phenoxy) is 1. The van der Waals surface area contributed by atoms with Crippen LogP contribution in [0.5, 0.6) is 5.75 Å². The number of rotatable bonds is 3. The van der Waals surface area contributed by atoms with E-state index in [0.29, 0.717) is 4.47 Å². The summed E-state index contributed by atoms with van der Waals surface area (Å²) in [4.78, 5) is 10.6. The molecule has 0 saturated heterocycles. The first-order valence-corrected chi connectivity index (χ1v) is 4.71. The zero-order chi connectivity index (χ0) is 10.7. The van der Waals surface area contributed by atoms with Crippen molar-refractivity contribution < 1.29 is 13.9 Å². The minimum atomic E-state index is -0.842. The van der Waals surface area contributed by atoms with Crippen LogP contribution >= 0.6 is 15.9 Å². The highest BCUT2D eigenvalue weighted by Gasteiger charge is 2.12. The lowest BCUT2D eigenvalue weighted by Crippen LogP contribution is -2.30. The Hall–Kier alpha value is -1.10. The van der Waals surface area contributed by atoms with E-state index in [1.807, 2.05) is 0 Å². The molecule has 3 nitrogen and oxygen atoms in total. The number of benzene rings is 1. The molecule has 0 aliphatic carbocycles. The molecule has 76 valence electrons. The molecule has 0 bridgehead atoms. The number of primary amides is 1. The van der Waals surface area contributed by atoms with Crippen LogP contribution in [0.4, 0.5) is 4.39 Å². The van der Waals surface area contributed by atoms with Gasteiger partial charge in [0.1, 0.15) is 0 Å². The highest BCUT2D eigenvalue weighted by Crippen LogP contribution is 2.22. The van der Waals surface area contributed by atoms with Gasteiger partial charge in [0.05, 0.1) is 0 Å². The average Bonchev–Trinajstić information content (AvgIpc) is 2.09. The van der Waals surface area contributed by atoms with Gasteiger partial charge in [-0.25, -0.2) is 4.39 Å². The maximum absolute atomic E-state index is 13.2. The van der Waals surface area contributed by atoms with Crippen LogP contribution in [0, 0.1) is 5.82 Å². The van der Waals surface area contributed by atoms with Crippen molar-refractivity contribution in [3.8, 4) is 5.75 Å². The predicted octanol–water partition coefficient (Wildman–Crippen LogP) is 1.84. The molecule has 0 aliphatic rings. The van der Waals surface area contributed by atoms with Gasteiger partial charge in [0.25, 0.3) is 5.91 Å². The Kier molecular flexibility index (Phi) is 3.46. The molecule has 0 unspecified atom stereocenters. The lowest BCUT2D eigenvalue weighted by atomic mass is 10.3. The molecule has 0 saturated carbocycles. The summed E-state index contributed by atoms with van der Waals surface area (Å²) in [5.74, 6) is -1.15. The van der Waals surface area contributed by atoms with Gasteiger partial charge in [-0.3, -0.25) is 4.79 Å². The Morgan fingerprint density at radius 3 is 2.79 bits per heavy atom. The fourth-order valence-electron chi connectivity index (χ4n) is 0.819. The Morgan fingerprint density at radius 1 is 1.64 bits per heavy atom. The van der Waals surface area contributed by atoms with Crippen molar-refractivity contribution in [3.63, 3.8) is 0 Å². The highest BCUT2D eigenvalue weighted by molar-refractivity contribution is 9.10. The minimum absolute atomic E-state index is 0.0134. The van der Waals surface area contributed by atoms with E-state index < -0.39 is 17.8 Å². The standard InChI is InChI=1S/C9H9BrFNO2/c1-5(9(12)13)14-8-3-2-6(10)4-7(8)11/h2-5H,1H3,(H2,12,13)/t5-/m0/s1. The van der Waals surface area contributed by atoms with E-state index >= 15 is 0 Å². The van der Waals surface area contributed by atoms with Gasteiger partial charge in [0.15, 0.2) is 17.7 Å². The lowest BCUT2D eigenvalue weighted by molar-refractivity contribution is -0.124. The summed E-state index contributed by atoms with van der Waals surface area (Å²) in [5, 5.41) is 0. The molecule has 0 heterocycles. The monoisotopic (exact) mass is 261 g/mol. The van der Waals surface area contributed by atoms with E-state index in [0.717, 1.165) is 0 Å². The van der Waals surface area contributed by atoms with Crippen molar-refractivity contribution >= 4 is 21.8 Å². The van der Waals surface area contributed by atoms with E-state index in [1.54, 1.807) is 6.07 Å². The number of halogens is 2. The van der Waals surface area contributed by atoms with Crippen molar-refractivity contribution in [2.24, 2.45) is 5.73 Å². The molecule has 0 aliphatic heterocycles. The van der Waals surface area contributed by atoms with Crippen molar-refractivity contribution in [1.82, 2.24) is 0 Å². The van der Waals surface area contributed by atoms with Crippen LogP contribution in [0.2, 0.25) is 0 Å². The maximum atomic E-state index is 13.2. The quantitative estimate of drug-likeness (QED) is 0.903. The van der Waals surface area contributed by atoms with E-state index in [2.05, 4.69) is 15.9 Å². The van der Waals surface area contributed by atoms with Crippen LogP contribution in [-0.2, 0) is 4.79 Å². The zero-order valence-corrected chi connectivity index (χ0v) is 9.05. The van der Waals surface area contributed by atoms with Crippen molar-refractivity contribution in [2.45, 2.75) is 13.0 Å². The van der Waals surface area contributed by atoms with E-state index in [1.165, 1.54) is 19.1 Å². The van der Waals surface area contributed by atoms with Crippen molar-refractivity contribution in [2.75, 3.05) is 0 Å². The van der Waals surface area contributed by atoms with Crippen LogP contribution in [0.25, 0.3) is 0 Å². The molecule has 0 aromatic heterocycles. The number of nitrogens with two attached hydrogens (primary N) is 1. The van der Waals surface area contributed by atoms with Gasteiger partial charge in [-0.1, -0.05) is 15.9 Å². The van der Waals surface area contributed by atoms with Gasteiger partial charge in [0, 0.05) is 4.47 Å². The normalized spacial score (nSPS) is 12.2. The van der Waals surface area contributed by atoms with Gasteiger partial charge < -0.3 is 10.5 Å². The Labute approximate surface area is 89.2 Å². The molecular weight excluding hydrogens is 253 g/mol. The van der Waals surface area contributed by atoms with Gasteiger partial charge in [-0.15, -0.1) is 0 Å². The Balaban J connectivity index is 2.82. The number of carbonyl (C=O) groups is 1. The Bertz CT molecular complexity index is 357. The molecule has 0 radical (unpaired) electrons. The number of hydrogen-bond donors (Lipinski definition) is 1. The molecule has 14 heavy (non-hydrogen) atoms. The van der Waals surface area contributed by atoms with E-state index in [-0.39, 0.29) is 5.75 Å². The average molecular weight is 262 g/mol. The second kappa shape index (κ2) is 4.41. The molecule has 1 amide bonds. The Morgan fingerprint density at radius 2 is 2.29 bits per heavy atom. The number of hydrogen-bond acceptors (Lipinski definition) is 2. The summed E-state index contributed by atoms with van der Waals surface area (Å²) in [6.45, 7) is 1.46. The molecule has 1 aromatic carbocycles. The van der Waals surface area contributed by atoms with Crippen LogP contribution < -0.4 is 10.5 Å². The van der Waals surface area contributed by atoms with E-state index in [4.69, 9.17) is 10.5 Å². The molecule has 2 N–H and O–H groups in total. The third kappa shape index (κ3) is 2.70. The molecule has 0 spiro atoms. The first-order valence-electron chi connectivity index (χ1n) is 3.91. The van der Waals surface area contributed by atoms with Crippen LogP contribution in [0.3, 0.4) is 0 Å². The van der Waals surface area contributed by atoms with Gasteiger partial charge in [0.2, 0.25) is 0 Å². The fraction of sp³-hybridized carbons (Fsp3) is 0.222. The highest BCUT2D eigenvalue weighted by atomic mass is 79.9. The van der Waals surface area contributed by atoms with Crippen molar-refractivity contribution in [1.29, 1.82) is 0 Å². The first kappa shape index (κ1) is 11.0. The summed E-state index contributed by atoms with van der Waals surface area (Å²) < 4.78 is 18.8. The molecule has 1 rings (SSSR count). The summed E-state index contributed by atoms with van der Waals surface area (Å²) >= 11 is 3.10. The minimum Gasteiger partial charge on any atom is -0.478 e. The predicted molar refractivity (Wildman–Crippen MR) is 53.4 cm³/mol. The van der Waals surface area contributed by atoms with Crippen LogP contribution in [-0.4, -0.2) is 12.0 Å². The third-order valence-corrected chi connectivity index (χ3v) is 2.09. The lowest BCUT2D eigenvalue weighted by Gasteiger charge is -2.11. The summed E-state index contributed by atoms with van der Waals surface area (Å²) in [6.07, 6.45) is -0.842. The molecule has 0 fully saturated rings. The summed E-state index contributed by atoms with van der Waals surface area (Å²) in [5.41, 5.74) is 4.97. The van der Waals surface area contributed by atoms with E-state index in [9.17, 15) is 9.18 Å². The molecule has 5 heteroatoms. The third-order valence-electron chi connectivity index (χ3n) is 1.60. The maximum Gasteiger partial charge on any atom is 0.258 e. The van der Waals surface area contributed by atoms with Crippen LogP contribution in [0.1, 0.15) is 6.92 Å². The van der Waals surface area contributed by atoms with Gasteiger partial charge >= 0.3 is 0 Å². The molecule has 1 aromatic rings. The van der Waals surface area contributed by atoms with Crippen LogP contribution in [0.15, 0.2) is 22.7 Å². The largest absolute Gasteiger partial charge is 0.478 e. The van der Waals surface area contributed by atoms with Crippen molar-refractivity contribution in [3.05, 3.63) is 28.5 Å². The second-order valence-electron chi connectivity index (χ2n) is 2.74. The molecular formula is C9H9BrFNO2. The summed E-state index contributed by atoms with van der Waals surface area (Å²) in [7, 11) is 0. The smallest absolute Gasteiger partial charge is 0.258 e. The SMILES string of the molecule is C[C@H](Oc1ccc(Br)cc1F)C(N)=O. The van der Waals surface area contributed by atoms with Gasteiger partial charge in [-0.05, 0) is 25.1 Å². The number of carbonyl (C=O) groups excluding carboxylic acids is 1. The zero-order valence-electron chi connectivity index (χ0n) is 7.46. The topological polar surface area (TPSA) is 52.3 Å². The second-order valence-corrected chi connectivity index (χ2v) is 3.65. The molecule has 1 atom stereocenters. The number of amides is 1.